The van der Waals surface area contributed by atoms with Crippen molar-refractivity contribution in [2.45, 2.75) is 46.2 Å². The zero-order chi connectivity index (χ0) is 13.7. The molecule has 19 heavy (non-hydrogen) atoms. The molecule has 4 nitrogen and oxygen atoms in total. The van der Waals surface area contributed by atoms with E-state index in [0.29, 0.717) is 6.04 Å². The molecule has 0 unspecified atom stereocenters. The van der Waals surface area contributed by atoms with Crippen molar-refractivity contribution in [3.05, 3.63) is 42.1 Å². The van der Waals surface area contributed by atoms with E-state index in [1.807, 2.05) is 10.8 Å². The molecule has 0 radical (unpaired) electrons. The molecule has 0 aliphatic carbocycles. The number of hydrogen-bond acceptors (Lipinski definition) is 3. The van der Waals surface area contributed by atoms with Gasteiger partial charge in [0.05, 0.1) is 0 Å². The second-order valence-electron chi connectivity index (χ2n) is 5.08. The van der Waals surface area contributed by atoms with E-state index in [0.717, 1.165) is 30.9 Å². The van der Waals surface area contributed by atoms with Crippen LogP contribution >= 0.6 is 0 Å². The summed E-state index contributed by atoms with van der Waals surface area (Å²) in [7, 11) is 0. The van der Waals surface area contributed by atoms with Crippen LogP contribution in [0.1, 0.15) is 38.4 Å². The molecule has 1 N–H and O–H groups in total. The molecule has 0 aliphatic rings. The predicted molar refractivity (Wildman–Crippen MR) is 77.3 cm³/mol. The molecule has 0 amide bonds. The van der Waals surface area contributed by atoms with E-state index >= 15 is 0 Å². The van der Waals surface area contributed by atoms with Gasteiger partial charge in [0.1, 0.15) is 12.1 Å². The van der Waals surface area contributed by atoms with Gasteiger partial charge in [-0.25, -0.2) is 9.97 Å². The molecular weight excluding hydrogens is 236 g/mol. The van der Waals surface area contributed by atoms with Crippen LogP contribution in [0, 0.1) is 0 Å². The van der Waals surface area contributed by atoms with E-state index in [-0.39, 0.29) is 0 Å². The minimum absolute atomic E-state index is 0.486. The summed E-state index contributed by atoms with van der Waals surface area (Å²) < 4.78 is 1.96. The Labute approximate surface area is 114 Å². The van der Waals surface area contributed by atoms with Gasteiger partial charge in [-0.1, -0.05) is 27.2 Å². The number of imidazole rings is 1. The van der Waals surface area contributed by atoms with Gasteiger partial charge in [0.15, 0.2) is 0 Å². The Balaban J connectivity index is 2.27. The van der Waals surface area contributed by atoms with Gasteiger partial charge in [-0.2, -0.15) is 0 Å². The molecule has 0 spiro atoms. The quantitative estimate of drug-likeness (QED) is 0.866. The van der Waals surface area contributed by atoms with Crippen molar-refractivity contribution in [2.24, 2.45) is 0 Å². The molecule has 0 atom stereocenters. The van der Waals surface area contributed by atoms with Crippen LogP contribution in [0.2, 0.25) is 0 Å². The lowest BCUT2D eigenvalue weighted by Gasteiger charge is -2.11. The summed E-state index contributed by atoms with van der Waals surface area (Å²) in [6.07, 6.45) is 7.62. The largest absolute Gasteiger partial charge is 0.310 e. The highest BCUT2D eigenvalue weighted by molar-refractivity contribution is 5.31. The average Bonchev–Trinajstić information content (AvgIpc) is 2.90. The standard InChI is InChI=1S/C15H22N4/c1-4-5-14-8-13(10-17-12(2)3)9-15(18-14)19-7-6-16-11-19/h6-9,11-12,17H,4-5,10H2,1-3H3. The number of nitrogens with zero attached hydrogens (tertiary/aromatic N) is 3. The molecule has 0 bridgehead atoms. The van der Waals surface area contributed by atoms with Gasteiger partial charge in [-0.05, 0) is 24.1 Å². The summed E-state index contributed by atoms with van der Waals surface area (Å²) in [5.41, 5.74) is 2.42. The maximum absolute atomic E-state index is 4.69. The third kappa shape index (κ3) is 3.89. The minimum Gasteiger partial charge on any atom is -0.310 e. The van der Waals surface area contributed by atoms with Crippen molar-refractivity contribution >= 4 is 0 Å². The Morgan fingerprint density at radius 2 is 2.16 bits per heavy atom. The average molecular weight is 258 g/mol. The van der Waals surface area contributed by atoms with Gasteiger partial charge in [0.2, 0.25) is 0 Å². The molecule has 4 heteroatoms. The first-order valence-electron chi connectivity index (χ1n) is 6.90. The number of rotatable bonds is 6. The van der Waals surface area contributed by atoms with E-state index in [4.69, 9.17) is 0 Å². The normalized spacial score (nSPS) is 11.2. The number of aromatic nitrogens is 3. The molecule has 0 saturated carbocycles. The summed E-state index contributed by atoms with van der Waals surface area (Å²) in [6.45, 7) is 7.37. The van der Waals surface area contributed by atoms with Crippen molar-refractivity contribution in [3.63, 3.8) is 0 Å². The Morgan fingerprint density at radius 3 is 2.79 bits per heavy atom. The molecular formula is C15H22N4. The van der Waals surface area contributed by atoms with E-state index < -0.39 is 0 Å². The van der Waals surface area contributed by atoms with Gasteiger partial charge < -0.3 is 5.32 Å². The summed E-state index contributed by atoms with van der Waals surface area (Å²) in [5.74, 6) is 0.948. The molecule has 2 rings (SSSR count). The van der Waals surface area contributed by atoms with Crippen LogP contribution < -0.4 is 5.32 Å². The number of nitrogens with one attached hydrogen (secondary N) is 1. The maximum Gasteiger partial charge on any atom is 0.138 e. The van der Waals surface area contributed by atoms with Crippen LogP contribution in [0.3, 0.4) is 0 Å². The summed E-state index contributed by atoms with van der Waals surface area (Å²) in [6, 6.07) is 4.80. The topological polar surface area (TPSA) is 42.7 Å². The first-order chi connectivity index (χ1) is 9.19. The van der Waals surface area contributed by atoms with Crippen LogP contribution in [0.5, 0.6) is 0 Å². The van der Waals surface area contributed by atoms with E-state index in [2.05, 4.69) is 48.2 Å². The van der Waals surface area contributed by atoms with E-state index in [9.17, 15) is 0 Å². The molecule has 0 aromatic carbocycles. The fraction of sp³-hybridized carbons (Fsp3) is 0.467. The third-order valence-corrected chi connectivity index (χ3v) is 2.91. The van der Waals surface area contributed by atoms with E-state index in [1.54, 1.807) is 12.5 Å². The highest BCUT2D eigenvalue weighted by Gasteiger charge is 2.05. The van der Waals surface area contributed by atoms with Crippen LogP contribution in [-0.4, -0.2) is 20.6 Å². The molecule has 102 valence electrons. The van der Waals surface area contributed by atoms with Crippen LogP contribution in [0.4, 0.5) is 0 Å². The van der Waals surface area contributed by atoms with Gasteiger partial charge >= 0.3 is 0 Å². The van der Waals surface area contributed by atoms with Crippen molar-refractivity contribution in [1.82, 2.24) is 19.9 Å². The Morgan fingerprint density at radius 1 is 1.32 bits per heavy atom. The van der Waals surface area contributed by atoms with Crippen molar-refractivity contribution in [1.29, 1.82) is 0 Å². The van der Waals surface area contributed by atoms with Crippen LogP contribution in [0.15, 0.2) is 30.9 Å². The van der Waals surface area contributed by atoms with Gasteiger partial charge in [-0.15, -0.1) is 0 Å². The van der Waals surface area contributed by atoms with Crippen molar-refractivity contribution < 1.29 is 0 Å². The molecule has 0 saturated heterocycles. The van der Waals surface area contributed by atoms with Crippen molar-refractivity contribution in [2.75, 3.05) is 0 Å². The number of pyridine rings is 1. The lowest BCUT2D eigenvalue weighted by atomic mass is 10.1. The van der Waals surface area contributed by atoms with Gasteiger partial charge in [0, 0.05) is 30.7 Å². The molecule has 0 fully saturated rings. The molecule has 2 heterocycles. The highest BCUT2D eigenvalue weighted by Crippen LogP contribution is 2.12. The molecule has 2 aromatic rings. The predicted octanol–water partition coefficient (Wildman–Crippen LogP) is 2.72. The highest BCUT2D eigenvalue weighted by atomic mass is 15.1. The Bertz CT molecular complexity index is 503. The van der Waals surface area contributed by atoms with Crippen molar-refractivity contribution in [3.8, 4) is 5.82 Å². The van der Waals surface area contributed by atoms with Crippen LogP contribution in [0.25, 0.3) is 5.82 Å². The van der Waals surface area contributed by atoms with Gasteiger partial charge in [-0.3, -0.25) is 4.57 Å². The fourth-order valence-electron chi connectivity index (χ4n) is 1.97. The van der Waals surface area contributed by atoms with E-state index in [1.165, 1.54) is 5.56 Å². The molecule has 2 aromatic heterocycles. The Hall–Kier alpha value is -1.68. The fourth-order valence-corrected chi connectivity index (χ4v) is 1.97. The monoisotopic (exact) mass is 258 g/mol. The summed E-state index contributed by atoms with van der Waals surface area (Å²) in [4.78, 5) is 8.77. The smallest absolute Gasteiger partial charge is 0.138 e. The number of aryl methyl sites for hydroxylation is 1. The minimum atomic E-state index is 0.486. The third-order valence-electron chi connectivity index (χ3n) is 2.91. The second kappa shape index (κ2) is 6.48. The second-order valence-corrected chi connectivity index (χ2v) is 5.08. The maximum atomic E-state index is 4.69. The number of hydrogen-bond donors (Lipinski definition) is 1. The van der Waals surface area contributed by atoms with Crippen LogP contribution in [-0.2, 0) is 13.0 Å². The summed E-state index contributed by atoms with van der Waals surface area (Å²) in [5, 5.41) is 3.45. The SMILES string of the molecule is CCCc1cc(CNC(C)C)cc(-n2ccnc2)n1. The lowest BCUT2D eigenvalue weighted by molar-refractivity contribution is 0.587. The zero-order valence-corrected chi connectivity index (χ0v) is 11.9. The Kier molecular flexibility index (Phi) is 4.68. The zero-order valence-electron chi connectivity index (χ0n) is 11.9. The summed E-state index contributed by atoms with van der Waals surface area (Å²) >= 11 is 0. The first kappa shape index (κ1) is 13.7. The first-order valence-corrected chi connectivity index (χ1v) is 6.90. The molecule has 0 aliphatic heterocycles. The lowest BCUT2D eigenvalue weighted by Crippen LogP contribution is -2.22. The van der Waals surface area contributed by atoms with Gasteiger partial charge in [0.25, 0.3) is 0 Å².